The van der Waals surface area contributed by atoms with Crippen molar-refractivity contribution in [1.29, 1.82) is 0 Å². The van der Waals surface area contributed by atoms with Crippen LogP contribution in [0, 0.1) is 0 Å². The van der Waals surface area contributed by atoms with Crippen LogP contribution in [0.15, 0.2) is 36.0 Å². The van der Waals surface area contributed by atoms with Crippen molar-refractivity contribution in [3.63, 3.8) is 0 Å². The monoisotopic (exact) mass is 191 g/mol. The summed E-state index contributed by atoms with van der Waals surface area (Å²) >= 11 is 0. The van der Waals surface area contributed by atoms with Crippen LogP contribution in [0.2, 0.25) is 0 Å². The minimum absolute atomic E-state index is 0.0901. The van der Waals surface area contributed by atoms with Crippen molar-refractivity contribution in [3.05, 3.63) is 36.0 Å². The van der Waals surface area contributed by atoms with E-state index >= 15 is 0 Å². The predicted molar refractivity (Wildman–Crippen MR) is 63.4 cm³/mol. The Morgan fingerprint density at radius 1 is 1.50 bits per heavy atom. The topological polar surface area (TPSA) is 12.0 Å². The van der Waals surface area contributed by atoms with Crippen LogP contribution < -0.4 is 5.32 Å². The van der Waals surface area contributed by atoms with Gasteiger partial charge in [0, 0.05) is 6.54 Å². The van der Waals surface area contributed by atoms with Gasteiger partial charge in [-0.1, -0.05) is 44.2 Å². The maximum atomic E-state index is 3.50. The van der Waals surface area contributed by atoms with Crippen LogP contribution in [0.3, 0.4) is 0 Å². The van der Waals surface area contributed by atoms with E-state index in [9.17, 15) is 0 Å². The summed E-state index contributed by atoms with van der Waals surface area (Å²) in [6, 6.07) is 0. The van der Waals surface area contributed by atoms with Gasteiger partial charge < -0.3 is 5.32 Å². The second-order valence-electron chi connectivity index (χ2n) is 3.87. The lowest BCUT2D eigenvalue weighted by molar-refractivity contribution is 0.545. The van der Waals surface area contributed by atoms with Gasteiger partial charge in [-0.25, -0.2) is 0 Å². The first-order valence-electron chi connectivity index (χ1n) is 5.52. The molecule has 0 aromatic carbocycles. The molecule has 0 saturated carbocycles. The van der Waals surface area contributed by atoms with E-state index < -0.39 is 0 Å². The van der Waals surface area contributed by atoms with E-state index in [-0.39, 0.29) is 5.54 Å². The minimum Gasteiger partial charge on any atom is -0.301 e. The highest BCUT2D eigenvalue weighted by atomic mass is 15.0. The van der Waals surface area contributed by atoms with Crippen molar-refractivity contribution >= 4 is 0 Å². The van der Waals surface area contributed by atoms with Crippen LogP contribution in [-0.4, -0.2) is 12.1 Å². The number of allylic oxidation sites excluding steroid dienone is 3. The van der Waals surface area contributed by atoms with Crippen molar-refractivity contribution in [3.8, 4) is 0 Å². The fourth-order valence-corrected chi connectivity index (χ4v) is 1.82. The molecule has 1 unspecified atom stereocenters. The van der Waals surface area contributed by atoms with Crippen molar-refractivity contribution in [1.82, 2.24) is 5.32 Å². The third kappa shape index (κ3) is 2.58. The molecule has 1 aliphatic heterocycles. The van der Waals surface area contributed by atoms with E-state index in [1.807, 2.05) is 0 Å². The zero-order valence-electron chi connectivity index (χ0n) is 9.51. The first-order chi connectivity index (χ1) is 6.73. The lowest BCUT2D eigenvalue weighted by Crippen LogP contribution is -2.38. The molecule has 1 heterocycles. The summed E-state index contributed by atoms with van der Waals surface area (Å²) in [4.78, 5) is 0. The normalized spacial score (nSPS) is 27.8. The van der Waals surface area contributed by atoms with Gasteiger partial charge in [-0.05, 0) is 25.3 Å². The first-order valence-corrected chi connectivity index (χ1v) is 5.52. The smallest absolute Gasteiger partial charge is 0.0556 e. The molecule has 1 heteroatoms. The number of hydrogen-bond donors (Lipinski definition) is 1. The average Bonchev–Trinajstić information content (AvgIpc) is 2.61. The van der Waals surface area contributed by atoms with Crippen molar-refractivity contribution < 1.29 is 0 Å². The highest BCUT2D eigenvalue weighted by Gasteiger charge is 2.25. The predicted octanol–water partition coefficient (Wildman–Crippen LogP) is 3.21. The van der Waals surface area contributed by atoms with Gasteiger partial charge in [-0.15, -0.1) is 0 Å². The molecule has 0 fully saturated rings. The summed E-state index contributed by atoms with van der Waals surface area (Å²) in [6.45, 7) is 7.60. The molecule has 0 radical (unpaired) electrons. The summed E-state index contributed by atoms with van der Waals surface area (Å²) in [5, 5.41) is 3.50. The summed E-state index contributed by atoms with van der Waals surface area (Å²) in [6.07, 6.45) is 13.3. The SMILES string of the molecule is CC/C=C\C=C(/CC)C1(C)C=CCN1. The Morgan fingerprint density at radius 2 is 2.29 bits per heavy atom. The number of nitrogens with one attached hydrogen (secondary N) is 1. The third-order valence-electron chi connectivity index (χ3n) is 2.76. The van der Waals surface area contributed by atoms with Crippen molar-refractivity contribution in [2.45, 2.75) is 39.2 Å². The molecule has 1 atom stereocenters. The fraction of sp³-hybridized carbons (Fsp3) is 0.538. The van der Waals surface area contributed by atoms with Crippen molar-refractivity contribution in [2.24, 2.45) is 0 Å². The van der Waals surface area contributed by atoms with E-state index in [1.54, 1.807) is 0 Å². The Labute approximate surface area is 87.6 Å². The fourth-order valence-electron chi connectivity index (χ4n) is 1.82. The lowest BCUT2D eigenvalue weighted by atomic mass is 9.90. The molecule has 1 aliphatic rings. The van der Waals surface area contributed by atoms with Crippen LogP contribution in [0.4, 0.5) is 0 Å². The van der Waals surface area contributed by atoms with Gasteiger partial charge in [0.1, 0.15) is 0 Å². The van der Waals surface area contributed by atoms with Crippen molar-refractivity contribution in [2.75, 3.05) is 6.54 Å². The van der Waals surface area contributed by atoms with Gasteiger partial charge in [0.2, 0.25) is 0 Å². The van der Waals surface area contributed by atoms with E-state index in [1.165, 1.54) is 5.57 Å². The van der Waals surface area contributed by atoms with Crippen LogP contribution in [0.1, 0.15) is 33.6 Å². The van der Waals surface area contributed by atoms with E-state index in [4.69, 9.17) is 0 Å². The van der Waals surface area contributed by atoms with Gasteiger partial charge in [-0.3, -0.25) is 0 Å². The number of hydrogen-bond acceptors (Lipinski definition) is 1. The van der Waals surface area contributed by atoms with Gasteiger partial charge in [0.15, 0.2) is 0 Å². The Morgan fingerprint density at radius 3 is 2.79 bits per heavy atom. The first kappa shape index (κ1) is 11.3. The quantitative estimate of drug-likeness (QED) is 0.531. The Kier molecular flexibility index (Phi) is 4.15. The zero-order chi connectivity index (χ0) is 10.4. The van der Waals surface area contributed by atoms with Crippen LogP contribution in [0.25, 0.3) is 0 Å². The van der Waals surface area contributed by atoms with Crippen LogP contribution in [0.5, 0.6) is 0 Å². The molecule has 0 spiro atoms. The zero-order valence-corrected chi connectivity index (χ0v) is 9.51. The minimum atomic E-state index is 0.0901. The Balaban J connectivity index is 2.75. The molecule has 14 heavy (non-hydrogen) atoms. The maximum Gasteiger partial charge on any atom is 0.0556 e. The highest BCUT2D eigenvalue weighted by Crippen LogP contribution is 2.24. The van der Waals surface area contributed by atoms with Crippen LogP contribution >= 0.6 is 0 Å². The Bertz CT molecular complexity index is 260. The summed E-state index contributed by atoms with van der Waals surface area (Å²) in [7, 11) is 0. The largest absolute Gasteiger partial charge is 0.301 e. The van der Waals surface area contributed by atoms with E-state index in [0.29, 0.717) is 0 Å². The summed E-state index contributed by atoms with van der Waals surface area (Å²) in [5.74, 6) is 0. The molecular formula is C13H21N. The molecule has 1 rings (SSSR count). The molecular weight excluding hydrogens is 170 g/mol. The summed E-state index contributed by atoms with van der Waals surface area (Å²) < 4.78 is 0. The second kappa shape index (κ2) is 5.16. The third-order valence-corrected chi connectivity index (χ3v) is 2.76. The molecule has 0 aromatic rings. The average molecular weight is 191 g/mol. The number of rotatable bonds is 4. The maximum absolute atomic E-state index is 3.50. The standard InChI is InChI=1S/C13H21N/c1-4-6-7-9-12(5-2)13(3)10-8-11-14-13/h6-10,14H,4-5,11H2,1-3H3/b7-6-,12-9+. The van der Waals surface area contributed by atoms with E-state index in [0.717, 1.165) is 19.4 Å². The molecule has 0 amide bonds. The van der Waals surface area contributed by atoms with Gasteiger partial charge in [0.25, 0.3) is 0 Å². The lowest BCUT2D eigenvalue weighted by Gasteiger charge is -2.26. The van der Waals surface area contributed by atoms with Crippen LogP contribution in [-0.2, 0) is 0 Å². The molecule has 1 N–H and O–H groups in total. The van der Waals surface area contributed by atoms with Gasteiger partial charge in [-0.2, -0.15) is 0 Å². The van der Waals surface area contributed by atoms with Gasteiger partial charge in [0.05, 0.1) is 5.54 Å². The molecule has 1 nitrogen and oxygen atoms in total. The molecule has 0 aliphatic carbocycles. The molecule has 0 saturated heterocycles. The van der Waals surface area contributed by atoms with E-state index in [2.05, 4.69) is 56.5 Å². The Hall–Kier alpha value is -0.820. The highest BCUT2D eigenvalue weighted by molar-refractivity contribution is 5.32. The summed E-state index contributed by atoms with van der Waals surface area (Å²) in [5.41, 5.74) is 1.54. The van der Waals surface area contributed by atoms with Gasteiger partial charge >= 0.3 is 0 Å². The molecule has 0 aromatic heterocycles. The molecule has 0 bridgehead atoms. The second-order valence-corrected chi connectivity index (χ2v) is 3.87. The molecule has 78 valence electrons.